The summed E-state index contributed by atoms with van der Waals surface area (Å²) in [5, 5.41) is 5.86. The van der Waals surface area contributed by atoms with Crippen molar-refractivity contribution in [1.82, 2.24) is 24.7 Å². The third kappa shape index (κ3) is 6.27. The van der Waals surface area contributed by atoms with Gasteiger partial charge in [0.2, 0.25) is 0 Å². The maximum absolute atomic E-state index is 12.5. The second-order valence-electron chi connectivity index (χ2n) is 8.34. The van der Waals surface area contributed by atoms with E-state index in [4.69, 9.17) is 0 Å². The van der Waals surface area contributed by atoms with Gasteiger partial charge in [0, 0.05) is 56.8 Å². The fourth-order valence-corrected chi connectivity index (χ4v) is 4.16. The molecule has 4 rings (SSSR count). The lowest BCUT2D eigenvalue weighted by Crippen LogP contribution is -2.49. The van der Waals surface area contributed by atoms with Gasteiger partial charge in [-0.3, -0.25) is 9.47 Å². The SMILES string of the molecule is CN1CCN(CCNC(=O)Nc2cccc(Cn3cccnc3=O)c2)C(c2ccccc2)C1. The second-order valence-corrected chi connectivity index (χ2v) is 8.34. The molecular weight excluding hydrogens is 416 g/mol. The van der Waals surface area contributed by atoms with E-state index in [1.807, 2.05) is 30.3 Å². The van der Waals surface area contributed by atoms with Gasteiger partial charge in [-0.2, -0.15) is 0 Å². The zero-order valence-corrected chi connectivity index (χ0v) is 18.9. The average molecular weight is 447 g/mol. The van der Waals surface area contributed by atoms with Crippen molar-refractivity contribution in [2.75, 3.05) is 45.1 Å². The van der Waals surface area contributed by atoms with E-state index in [-0.39, 0.29) is 11.7 Å². The smallest absolute Gasteiger partial charge is 0.337 e. The highest BCUT2D eigenvalue weighted by molar-refractivity contribution is 5.89. The van der Waals surface area contributed by atoms with Crippen molar-refractivity contribution >= 4 is 11.7 Å². The van der Waals surface area contributed by atoms with Gasteiger partial charge in [-0.25, -0.2) is 14.6 Å². The summed E-state index contributed by atoms with van der Waals surface area (Å²) in [5.41, 5.74) is 2.60. The van der Waals surface area contributed by atoms with Crippen LogP contribution in [-0.4, -0.2) is 65.2 Å². The number of aromatic nitrogens is 2. The van der Waals surface area contributed by atoms with Gasteiger partial charge in [-0.15, -0.1) is 0 Å². The number of anilines is 1. The molecule has 1 atom stereocenters. The summed E-state index contributed by atoms with van der Waals surface area (Å²) in [6.45, 7) is 4.70. The van der Waals surface area contributed by atoms with Crippen molar-refractivity contribution in [3.8, 4) is 0 Å². The Morgan fingerprint density at radius 2 is 1.94 bits per heavy atom. The van der Waals surface area contributed by atoms with E-state index in [2.05, 4.69) is 56.7 Å². The molecule has 1 fully saturated rings. The molecule has 172 valence electrons. The van der Waals surface area contributed by atoms with Crippen LogP contribution in [0.25, 0.3) is 0 Å². The topological polar surface area (TPSA) is 82.5 Å². The van der Waals surface area contributed by atoms with Gasteiger partial charge in [0.25, 0.3) is 0 Å². The van der Waals surface area contributed by atoms with Gasteiger partial charge >= 0.3 is 11.7 Å². The number of hydrogen-bond donors (Lipinski definition) is 2. The number of urea groups is 1. The molecule has 0 aliphatic carbocycles. The Hall–Kier alpha value is -3.49. The first kappa shape index (κ1) is 22.7. The molecule has 2 heterocycles. The summed E-state index contributed by atoms with van der Waals surface area (Å²) in [7, 11) is 2.15. The number of carbonyl (C=O) groups is 1. The molecular formula is C25H30N6O2. The molecule has 1 aliphatic rings. The predicted molar refractivity (Wildman–Crippen MR) is 129 cm³/mol. The number of amides is 2. The molecule has 8 nitrogen and oxygen atoms in total. The zero-order valence-electron chi connectivity index (χ0n) is 18.9. The number of piperazine rings is 1. The quantitative estimate of drug-likeness (QED) is 0.583. The fraction of sp³-hybridized carbons (Fsp3) is 0.320. The molecule has 1 saturated heterocycles. The fourth-order valence-electron chi connectivity index (χ4n) is 4.16. The highest BCUT2D eigenvalue weighted by Crippen LogP contribution is 2.24. The summed E-state index contributed by atoms with van der Waals surface area (Å²) >= 11 is 0. The Labute approximate surface area is 193 Å². The van der Waals surface area contributed by atoms with Crippen LogP contribution in [0.5, 0.6) is 0 Å². The minimum atomic E-state index is -0.300. The van der Waals surface area contributed by atoms with Gasteiger partial charge in [0.05, 0.1) is 6.54 Å². The van der Waals surface area contributed by atoms with Gasteiger partial charge < -0.3 is 15.5 Å². The van der Waals surface area contributed by atoms with Crippen molar-refractivity contribution in [3.05, 3.63) is 94.7 Å². The first-order chi connectivity index (χ1) is 16.1. The Bertz CT molecular complexity index is 1120. The molecule has 1 unspecified atom stereocenters. The summed E-state index contributed by atoms with van der Waals surface area (Å²) in [4.78, 5) is 32.8. The molecule has 0 saturated carbocycles. The molecule has 33 heavy (non-hydrogen) atoms. The van der Waals surface area contributed by atoms with E-state index >= 15 is 0 Å². The number of likely N-dealkylation sites (N-methyl/N-ethyl adjacent to an activating group) is 1. The molecule has 2 N–H and O–H groups in total. The summed E-state index contributed by atoms with van der Waals surface area (Å²) in [6, 6.07) is 19.8. The number of hydrogen-bond acceptors (Lipinski definition) is 5. The molecule has 1 aromatic heterocycles. The molecule has 3 aromatic rings. The van der Waals surface area contributed by atoms with Crippen molar-refractivity contribution in [2.24, 2.45) is 0 Å². The number of carbonyl (C=O) groups excluding carboxylic acids is 1. The number of nitrogens with zero attached hydrogens (tertiary/aromatic N) is 4. The van der Waals surface area contributed by atoms with Crippen LogP contribution in [0.2, 0.25) is 0 Å². The minimum absolute atomic E-state index is 0.240. The van der Waals surface area contributed by atoms with Crippen molar-refractivity contribution < 1.29 is 4.79 Å². The van der Waals surface area contributed by atoms with Crippen LogP contribution in [-0.2, 0) is 6.54 Å². The molecule has 0 bridgehead atoms. The molecule has 8 heteroatoms. The van der Waals surface area contributed by atoms with Crippen LogP contribution in [0, 0.1) is 0 Å². The van der Waals surface area contributed by atoms with Crippen molar-refractivity contribution in [1.29, 1.82) is 0 Å². The van der Waals surface area contributed by atoms with Gasteiger partial charge in [-0.1, -0.05) is 42.5 Å². The van der Waals surface area contributed by atoms with E-state index in [1.54, 1.807) is 12.3 Å². The monoisotopic (exact) mass is 446 g/mol. The Kier molecular flexibility index (Phi) is 7.49. The number of nitrogens with one attached hydrogen (secondary N) is 2. The Balaban J connectivity index is 1.29. The lowest BCUT2D eigenvalue weighted by Gasteiger charge is -2.40. The van der Waals surface area contributed by atoms with Gasteiger partial charge in [-0.05, 0) is 36.4 Å². The van der Waals surface area contributed by atoms with Crippen LogP contribution in [0.3, 0.4) is 0 Å². The first-order valence-electron chi connectivity index (χ1n) is 11.2. The van der Waals surface area contributed by atoms with Crippen molar-refractivity contribution in [2.45, 2.75) is 12.6 Å². The highest BCUT2D eigenvalue weighted by atomic mass is 16.2. The normalized spacial score (nSPS) is 16.9. The maximum Gasteiger partial charge on any atom is 0.347 e. The molecule has 0 radical (unpaired) electrons. The zero-order chi connectivity index (χ0) is 23.0. The first-order valence-corrected chi connectivity index (χ1v) is 11.2. The van der Waals surface area contributed by atoms with E-state index in [9.17, 15) is 9.59 Å². The lowest BCUT2D eigenvalue weighted by atomic mass is 10.0. The molecule has 2 aromatic carbocycles. The second kappa shape index (κ2) is 10.9. The predicted octanol–water partition coefficient (Wildman–Crippen LogP) is 2.40. The third-order valence-corrected chi connectivity index (χ3v) is 5.88. The minimum Gasteiger partial charge on any atom is -0.337 e. The number of benzene rings is 2. The summed E-state index contributed by atoms with van der Waals surface area (Å²) in [5.74, 6) is 0. The van der Waals surface area contributed by atoms with Gasteiger partial charge in [0.15, 0.2) is 0 Å². The van der Waals surface area contributed by atoms with Crippen LogP contribution in [0.1, 0.15) is 17.2 Å². The van der Waals surface area contributed by atoms with Gasteiger partial charge in [0.1, 0.15) is 0 Å². The summed E-state index contributed by atoms with van der Waals surface area (Å²) < 4.78 is 1.53. The molecule has 2 amide bonds. The Morgan fingerprint density at radius 3 is 2.76 bits per heavy atom. The van der Waals surface area contributed by atoms with Crippen LogP contribution in [0.15, 0.2) is 77.9 Å². The standard InChI is InChI=1S/C25H30N6O2/c1-29-15-16-30(23(19-29)21-8-3-2-4-9-21)14-12-26-24(32)28-22-10-5-7-20(17-22)18-31-13-6-11-27-25(31)33/h2-11,13,17,23H,12,14-16,18-19H2,1H3,(H2,26,28,32). The van der Waals surface area contributed by atoms with Crippen LogP contribution < -0.4 is 16.3 Å². The number of rotatable bonds is 7. The van der Waals surface area contributed by atoms with Crippen LogP contribution >= 0.6 is 0 Å². The van der Waals surface area contributed by atoms with Crippen LogP contribution in [0.4, 0.5) is 10.5 Å². The largest absolute Gasteiger partial charge is 0.347 e. The van der Waals surface area contributed by atoms with E-state index in [1.165, 1.54) is 16.3 Å². The van der Waals surface area contributed by atoms with E-state index < -0.39 is 0 Å². The average Bonchev–Trinajstić information content (AvgIpc) is 2.82. The lowest BCUT2D eigenvalue weighted by molar-refractivity contribution is 0.0913. The highest BCUT2D eigenvalue weighted by Gasteiger charge is 2.26. The van der Waals surface area contributed by atoms with E-state index in [0.717, 1.165) is 31.7 Å². The maximum atomic E-state index is 12.5. The van der Waals surface area contributed by atoms with Crippen molar-refractivity contribution in [3.63, 3.8) is 0 Å². The third-order valence-electron chi connectivity index (χ3n) is 5.88. The Morgan fingerprint density at radius 1 is 1.09 bits per heavy atom. The van der Waals surface area contributed by atoms with E-state index in [0.29, 0.717) is 24.8 Å². The molecule has 1 aliphatic heterocycles. The molecule has 0 spiro atoms. The summed E-state index contributed by atoms with van der Waals surface area (Å²) in [6.07, 6.45) is 3.18.